The lowest BCUT2D eigenvalue weighted by atomic mass is 9.93. The summed E-state index contributed by atoms with van der Waals surface area (Å²) in [5.74, 6) is 2.51. The van der Waals surface area contributed by atoms with Gasteiger partial charge in [0.2, 0.25) is 0 Å². The smallest absolute Gasteiger partial charge is 0.153 e. The summed E-state index contributed by atoms with van der Waals surface area (Å²) >= 11 is 12.5. The molecule has 0 unspecified atom stereocenters. The first-order chi connectivity index (χ1) is 51.9. The van der Waals surface area contributed by atoms with Gasteiger partial charge in [0.15, 0.2) is 5.75 Å². The predicted octanol–water partition coefficient (Wildman–Crippen LogP) is 19.8. The molecule has 2 N–H and O–H groups in total. The largest absolute Gasteiger partial charge is 0.454 e. The summed E-state index contributed by atoms with van der Waals surface area (Å²) in [6.45, 7) is 10.2. The van der Waals surface area contributed by atoms with E-state index in [4.69, 9.17) is 32.9 Å². The van der Waals surface area contributed by atoms with Gasteiger partial charge in [-0.05, 0) is 285 Å². The highest BCUT2D eigenvalue weighted by Gasteiger charge is 2.27. The van der Waals surface area contributed by atoms with Crippen LogP contribution in [0.15, 0.2) is 248 Å². The number of nitrogens with zero attached hydrogens (tertiary/aromatic N) is 7. The van der Waals surface area contributed by atoms with Gasteiger partial charge in [0.05, 0.1) is 5.56 Å². The Labute approximate surface area is 642 Å². The molecule has 0 bridgehead atoms. The summed E-state index contributed by atoms with van der Waals surface area (Å²) in [6.07, 6.45) is 18.3. The molecule has 10 aromatic carbocycles. The van der Waals surface area contributed by atoms with Gasteiger partial charge in [-0.25, -0.2) is 4.99 Å². The molecule has 0 amide bonds. The maximum Gasteiger partial charge on any atom is 0.153 e. The molecule has 0 saturated carbocycles. The molecule has 0 aromatic heterocycles. The molecule has 0 radical (unpaired) electrons. The third-order valence-corrected chi connectivity index (χ3v) is 21.1. The third-order valence-electron chi connectivity index (χ3n) is 20.6. The minimum atomic E-state index is 0.691. The summed E-state index contributed by atoms with van der Waals surface area (Å²) < 4.78 is 6.06. The first-order valence-electron chi connectivity index (χ1n) is 38.4. The molecule has 1 fully saturated rings. The number of fused-ring (bicyclic) bond motifs is 10. The van der Waals surface area contributed by atoms with Crippen molar-refractivity contribution in [3.8, 4) is 11.5 Å². The van der Waals surface area contributed by atoms with Crippen molar-refractivity contribution in [1.29, 1.82) is 0 Å². The monoisotopic (exact) mass is 1450 g/mol. The number of hydrogen-bond donors (Lipinski definition) is 2. The fraction of sp³-hybridized carbons (Fsp3) is 0.309. The van der Waals surface area contributed by atoms with Crippen LogP contribution in [0.2, 0.25) is 10.0 Å². The number of para-hydroxylation sites is 5. The molecule has 4 aliphatic heterocycles. The molecular weight excluding hydrogens is 1340 g/mol. The Morgan fingerprint density at radius 2 is 0.792 bits per heavy atom. The lowest BCUT2D eigenvalue weighted by molar-refractivity contribution is 0.357. The van der Waals surface area contributed by atoms with E-state index in [0.29, 0.717) is 5.02 Å². The summed E-state index contributed by atoms with van der Waals surface area (Å²) in [7, 11) is 14.8. The normalized spacial score (nSPS) is 14.3. The maximum atomic E-state index is 6.27. The average molecular weight is 1450 g/mol. The zero-order chi connectivity index (χ0) is 73.6. The van der Waals surface area contributed by atoms with E-state index in [2.05, 4.69) is 276 Å². The molecular formula is C94H107Cl2N9O. The van der Waals surface area contributed by atoms with Crippen LogP contribution in [0.5, 0.6) is 11.5 Å². The van der Waals surface area contributed by atoms with Crippen LogP contribution in [0.3, 0.4) is 0 Å². The van der Waals surface area contributed by atoms with Crippen molar-refractivity contribution in [2.75, 3.05) is 125 Å². The van der Waals surface area contributed by atoms with Gasteiger partial charge in [-0.15, -0.1) is 0 Å². The van der Waals surface area contributed by atoms with Crippen molar-refractivity contribution in [2.45, 2.75) is 77.0 Å². The first kappa shape index (κ1) is 76.6. The van der Waals surface area contributed by atoms with E-state index >= 15 is 0 Å². The molecule has 106 heavy (non-hydrogen) atoms. The first-order valence-corrected chi connectivity index (χ1v) is 39.1. The fourth-order valence-electron chi connectivity index (χ4n) is 15.2. The predicted molar refractivity (Wildman–Crippen MR) is 451 cm³/mol. The number of nitrogens with one attached hydrogen (secondary N) is 2. The minimum Gasteiger partial charge on any atom is -0.454 e. The Kier molecular flexibility index (Phi) is 27.8. The molecule has 1 saturated heterocycles. The summed E-state index contributed by atoms with van der Waals surface area (Å²) in [4.78, 5) is 18.9. The van der Waals surface area contributed by atoms with Crippen LogP contribution < -0.4 is 25.2 Å². The number of piperazine rings is 1. The molecule has 16 rings (SSSR count). The van der Waals surface area contributed by atoms with Gasteiger partial charge in [-0.1, -0.05) is 205 Å². The van der Waals surface area contributed by atoms with Crippen molar-refractivity contribution in [3.05, 3.63) is 325 Å². The van der Waals surface area contributed by atoms with E-state index in [1.807, 2.05) is 55.6 Å². The SMILES string of the molecule is CN(C)CCC=C1c2ccccc2CCc2ccccc21.CN(C)CCCN1c2ccccc2CCc2ccc(Cl)cc21.CN(C)CCCN1c2ccccc2CCc2ccccc21.CNCCC=C1c2ccccc2CCc2ccccc21.Clc1ccc2c(c1)C(N1CCNCC1)=Nc1ccccc1O2. The zero-order valence-corrected chi connectivity index (χ0v) is 65.0. The fourth-order valence-corrected chi connectivity index (χ4v) is 15.6. The Bertz CT molecular complexity index is 4480. The molecule has 0 atom stereocenters. The zero-order valence-electron chi connectivity index (χ0n) is 63.4. The van der Waals surface area contributed by atoms with E-state index in [1.54, 1.807) is 0 Å². The average Bonchev–Trinajstić information content (AvgIpc) is 1.61. The van der Waals surface area contributed by atoms with E-state index < -0.39 is 0 Å². The quantitative estimate of drug-likeness (QED) is 0.104. The Morgan fingerprint density at radius 1 is 0.406 bits per heavy atom. The van der Waals surface area contributed by atoms with Crippen LogP contribution in [-0.2, 0) is 51.4 Å². The van der Waals surface area contributed by atoms with Gasteiger partial charge >= 0.3 is 0 Å². The van der Waals surface area contributed by atoms with Crippen LogP contribution in [0.4, 0.5) is 28.4 Å². The van der Waals surface area contributed by atoms with Crippen LogP contribution in [0.1, 0.15) is 98.0 Å². The lowest BCUT2D eigenvalue weighted by Gasteiger charge is -2.30. The van der Waals surface area contributed by atoms with Crippen molar-refractivity contribution in [2.24, 2.45) is 4.99 Å². The van der Waals surface area contributed by atoms with Gasteiger partial charge in [-0.3, -0.25) is 0 Å². The number of benzene rings is 10. The highest BCUT2D eigenvalue weighted by atomic mass is 35.5. The summed E-state index contributed by atoms with van der Waals surface area (Å²) in [6, 6.07) is 81.8. The number of halogens is 2. The number of anilines is 4. The van der Waals surface area contributed by atoms with Gasteiger partial charge in [0, 0.05) is 78.6 Å². The van der Waals surface area contributed by atoms with Crippen molar-refractivity contribution >= 4 is 68.6 Å². The molecule has 10 nitrogen and oxygen atoms in total. The minimum absolute atomic E-state index is 0.691. The highest BCUT2D eigenvalue weighted by molar-refractivity contribution is 6.31. The van der Waals surface area contributed by atoms with Crippen LogP contribution in [0.25, 0.3) is 11.1 Å². The topological polar surface area (TPSA) is 65.1 Å². The number of aliphatic imine (C=N–C) groups is 1. The van der Waals surface area contributed by atoms with Gasteiger partial charge in [0.1, 0.15) is 17.3 Å². The molecule has 0 spiro atoms. The summed E-state index contributed by atoms with van der Waals surface area (Å²) in [5, 5.41) is 8.10. The van der Waals surface area contributed by atoms with Gasteiger partial charge in [-0.2, -0.15) is 0 Å². The van der Waals surface area contributed by atoms with E-state index in [-0.39, 0.29) is 0 Å². The molecule has 2 aliphatic carbocycles. The number of aryl methyl sites for hydroxylation is 8. The molecule has 6 aliphatic rings. The van der Waals surface area contributed by atoms with E-state index in [0.717, 1.165) is 170 Å². The van der Waals surface area contributed by atoms with Crippen LogP contribution in [0, 0.1) is 0 Å². The molecule has 12 heteroatoms. The lowest BCUT2D eigenvalue weighted by Crippen LogP contribution is -2.46. The third kappa shape index (κ3) is 20.1. The van der Waals surface area contributed by atoms with E-state index in [9.17, 15) is 0 Å². The highest BCUT2D eigenvalue weighted by Crippen LogP contribution is 2.42. The molecule has 548 valence electrons. The summed E-state index contributed by atoms with van der Waals surface area (Å²) in [5.41, 5.74) is 27.3. The van der Waals surface area contributed by atoms with Crippen LogP contribution in [-0.4, -0.2) is 140 Å². The number of hydrogen-bond acceptors (Lipinski definition) is 10. The second-order valence-corrected chi connectivity index (χ2v) is 29.9. The van der Waals surface area contributed by atoms with Crippen molar-refractivity contribution in [1.82, 2.24) is 30.2 Å². The number of ether oxygens (including phenoxy) is 1. The molecule has 10 aromatic rings. The molecule has 4 heterocycles. The van der Waals surface area contributed by atoms with Gasteiger partial charge in [0.25, 0.3) is 0 Å². The van der Waals surface area contributed by atoms with Crippen LogP contribution >= 0.6 is 23.2 Å². The maximum absolute atomic E-state index is 6.27. The van der Waals surface area contributed by atoms with Crippen molar-refractivity contribution in [3.63, 3.8) is 0 Å². The Hall–Kier alpha value is -9.07. The standard InChI is InChI=1S/C20H23N.C19H23ClN2.C19H24N2.C19H21N.C17H16ClN3O/c1-21(2)15-7-12-20-18-10-5-3-8-16(18)13-14-17-9-4-6-11-19(17)20;1-21(2)12-5-13-22-18-7-4-3-6-15(18)8-9-16-10-11-17(20)14-19(16)22;1-20(2)14-7-15-21-18-10-5-3-8-16(18)12-13-17-9-4-6-11-19(17)21;1-20-14-6-11-19-17-9-4-2-7-15(17)12-13-16-8-3-5-10-18(16)19;18-12-5-6-15-13(11-12)17(21-9-7-19-8-10-21)20-14-3-1-2-4-16(14)22-15/h3-6,8-12H,7,13-15H2,1-2H3;3-4,6-7,10-11,14H,5,8-9,12-13H2,1-2H3;3-6,8-11H,7,12-15H2,1-2H3;2-5,7-11,20H,6,12-14H2,1H3;1-6,11,19H,7-10H2. The van der Waals surface area contributed by atoms with Gasteiger partial charge < -0.3 is 44.8 Å². The van der Waals surface area contributed by atoms with Crippen molar-refractivity contribution < 1.29 is 4.74 Å². The number of amidine groups is 1. The Morgan fingerprint density at radius 3 is 1.26 bits per heavy atom. The number of rotatable bonds is 14. The second-order valence-electron chi connectivity index (χ2n) is 29.0. The Balaban J connectivity index is 0.000000124. The second kappa shape index (κ2) is 38.5. The van der Waals surface area contributed by atoms with E-state index in [1.165, 1.54) is 107 Å².